The Morgan fingerprint density at radius 3 is 2.94 bits per heavy atom. The minimum absolute atomic E-state index is 0.0437. The van der Waals surface area contributed by atoms with Gasteiger partial charge < -0.3 is 16.2 Å². The van der Waals surface area contributed by atoms with Crippen molar-refractivity contribution in [1.29, 1.82) is 0 Å². The van der Waals surface area contributed by atoms with Gasteiger partial charge in [0.05, 0.1) is 11.0 Å². The molecule has 0 amide bonds. The van der Waals surface area contributed by atoms with Crippen LogP contribution in [0.4, 0.5) is 17.3 Å². The van der Waals surface area contributed by atoms with Crippen LogP contribution < -0.4 is 11.1 Å². The van der Waals surface area contributed by atoms with Crippen molar-refractivity contribution in [2.24, 2.45) is 5.92 Å². The third-order valence-electron chi connectivity index (χ3n) is 2.68. The van der Waals surface area contributed by atoms with Crippen LogP contribution in [0.15, 0.2) is 6.33 Å². The predicted molar refractivity (Wildman–Crippen MR) is 60.3 cm³/mol. The summed E-state index contributed by atoms with van der Waals surface area (Å²) in [5.41, 5.74) is 5.05. The van der Waals surface area contributed by atoms with Crippen molar-refractivity contribution < 1.29 is 10.0 Å². The minimum atomic E-state index is -0.638. The molecule has 1 fully saturated rings. The number of hydrogen-bond donors (Lipinski definition) is 3. The van der Waals surface area contributed by atoms with Crippen LogP contribution in [-0.2, 0) is 0 Å². The summed E-state index contributed by atoms with van der Waals surface area (Å²) >= 11 is 0. The molecule has 2 rings (SSSR count). The largest absolute Gasteiger partial charge is 0.391 e. The summed E-state index contributed by atoms with van der Waals surface area (Å²) in [6, 6.07) is 0. The molecule has 92 valence electrons. The second-order valence-corrected chi connectivity index (χ2v) is 4.00. The summed E-state index contributed by atoms with van der Waals surface area (Å²) in [6.45, 7) is 0.224. The summed E-state index contributed by atoms with van der Waals surface area (Å²) in [5.74, 6) is 0.149. The van der Waals surface area contributed by atoms with E-state index in [1.54, 1.807) is 0 Å². The number of nitro groups is 1. The highest BCUT2D eigenvalue weighted by Crippen LogP contribution is 2.33. The Labute approximate surface area is 97.0 Å². The van der Waals surface area contributed by atoms with Gasteiger partial charge in [-0.25, -0.2) is 9.97 Å². The Balaban J connectivity index is 2.08. The van der Waals surface area contributed by atoms with E-state index in [1.807, 2.05) is 0 Å². The molecule has 0 aromatic carbocycles. The lowest BCUT2D eigenvalue weighted by Crippen LogP contribution is -2.22. The second kappa shape index (κ2) is 4.50. The van der Waals surface area contributed by atoms with Gasteiger partial charge in [0.2, 0.25) is 11.6 Å². The van der Waals surface area contributed by atoms with Crippen LogP contribution in [-0.4, -0.2) is 32.6 Å². The average Bonchev–Trinajstić information content (AvgIpc) is 3.08. The average molecular weight is 239 g/mol. The van der Waals surface area contributed by atoms with Gasteiger partial charge in [0.1, 0.15) is 6.33 Å². The number of hydrogen-bond acceptors (Lipinski definition) is 7. The fourth-order valence-corrected chi connectivity index (χ4v) is 1.55. The Hall–Kier alpha value is -1.96. The molecule has 1 saturated carbocycles. The maximum Gasteiger partial charge on any atom is 0.352 e. The molecule has 8 nitrogen and oxygen atoms in total. The Bertz CT molecular complexity index is 435. The third kappa shape index (κ3) is 2.59. The highest BCUT2D eigenvalue weighted by atomic mass is 16.6. The number of anilines is 2. The van der Waals surface area contributed by atoms with E-state index in [1.165, 1.54) is 0 Å². The molecular weight excluding hydrogens is 226 g/mol. The number of aliphatic hydroxyl groups is 1. The van der Waals surface area contributed by atoms with Crippen molar-refractivity contribution in [3.8, 4) is 0 Å². The maximum absolute atomic E-state index is 10.8. The molecule has 1 atom stereocenters. The first kappa shape index (κ1) is 11.5. The lowest BCUT2D eigenvalue weighted by atomic mass is 10.2. The van der Waals surface area contributed by atoms with Gasteiger partial charge in [-0.1, -0.05) is 0 Å². The van der Waals surface area contributed by atoms with Crippen LogP contribution in [0.5, 0.6) is 0 Å². The molecule has 1 unspecified atom stereocenters. The smallest absolute Gasteiger partial charge is 0.352 e. The topological polar surface area (TPSA) is 127 Å². The van der Waals surface area contributed by atoms with E-state index in [0.717, 1.165) is 19.2 Å². The number of nitrogens with zero attached hydrogens (tertiary/aromatic N) is 3. The van der Waals surface area contributed by atoms with Gasteiger partial charge in [0.25, 0.3) is 0 Å². The zero-order chi connectivity index (χ0) is 12.4. The molecule has 1 heterocycles. The van der Waals surface area contributed by atoms with Gasteiger partial charge in [-0.15, -0.1) is 0 Å². The molecular formula is C9H13N5O3. The minimum Gasteiger partial charge on any atom is -0.391 e. The standard InChI is InChI=1S/C9H13N5O3/c10-8-7(14(16)17)9(13-4-12-8)11-3-6(15)5-1-2-5/h4-6,15H,1-3H2,(H3,10,11,12,13). The quantitative estimate of drug-likeness (QED) is 0.492. The molecule has 0 aliphatic heterocycles. The molecule has 0 radical (unpaired) electrons. The van der Waals surface area contributed by atoms with Gasteiger partial charge in [0, 0.05) is 6.54 Å². The van der Waals surface area contributed by atoms with Gasteiger partial charge in [-0.3, -0.25) is 10.1 Å². The number of nitrogens with one attached hydrogen (secondary N) is 1. The van der Waals surface area contributed by atoms with Crippen LogP contribution in [0.3, 0.4) is 0 Å². The van der Waals surface area contributed by atoms with Gasteiger partial charge >= 0.3 is 5.69 Å². The number of rotatable bonds is 5. The third-order valence-corrected chi connectivity index (χ3v) is 2.68. The molecule has 17 heavy (non-hydrogen) atoms. The first-order valence-corrected chi connectivity index (χ1v) is 5.26. The van der Waals surface area contributed by atoms with Gasteiger partial charge in [0.15, 0.2) is 0 Å². The van der Waals surface area contributed by atoms with Crippen LogP contribution in [0.2, 0.25) is 0 Å². The number of aliphatic hydroxyl groups excluding tert-OH is 1. The first-order valence-electron chi connectivity index (χ1n) is 5.26. The Kier molecular flexibility index (Phi) is 3.05. The summed E-state index contributed by atoms with van der Waals surface area (Å²) in [7, 11) is 0. The van der Waals surface area contributed by atoms with Crippen LogP contribution in [0, 0.1) is 16.0 Å². The maximum atomic E-state index is 10.8. The summed E-state index contributed by atoms with van der Waals surface area (Å²) < 4.78 is 0. The highest BCUT2D eigenvalue weighted by Gasteiger charge is 2.30. The molecule has 0 bridgehead atoms. The van der Waals surface area contributed by atoms with Crippen molar-refractivity contribution >= 4 is 17.3 Å². The summed E-state index contributed by atoms with van der Waals surface area (Å²) in [6.07, 6.45) is 2.63. The number of aromatic nitrogens is 2. The molecule has 1 aromatic rings. The zero-order valence-corrected chi connectivity index (χ0v) is 9.04. The van der Waals surface area contributed by atoms with E-state index in [-0.39, 0.29) is 23.9 Å². The van der Waals surface area contributed by atoms with Gasteiger partial charge in [-0.2, -0.15) is 0 Å². The lowest BCUT2D eigenvalue weighted by molar-refractivity contribution is -0.383. The van der Waals surface area contributed by atoms with E-state index >= 15 is 0 Å². The molecule has 0 saturated heterocycles. The van der Waals surface area contributed by atoms with Crippen molar-refractivity contribution in [2.45, 2.75) is 18.9 Å². The summed E-state index contributed by atoms with van der Waals surface area (Å²) in [4.78, 5) is 17.5. The number of nitrogens with two attached hydrogens (primary N) is 1. The van der Waals surface area contributed by atoms with E-state index in [0.29, 0.717) is 5.92 Å². The lowest BCUT2D eigenvalue weighted by Gasteiger charge is -2.11. The van der Waals surface area contributed by atoms with Crippen molar-refractivity contribution in [2.75, 3.05) is 17.6 Å². The molecule has 1 aliphatic rings. The van der Waals surface area contributed by atoms with Crippen LogP contribution >= 0.6 is 0 Å². The Morgan fingerprint density at radius 2 is 2.35 bits per heavy atom. The summed E-state index contributed by atoms with van der Waals surface area (Å²) in [5, 5.41) is 23.2. The van der Waals surface area contributed by atoms with Crippen LogP contribution in [0.25, 0.3) is 0 Å². The van der Waals surface area contributed by atoms with Crippen LogP contribution in [0.1, 0.15) is 12.8 Å². The van der Waals surface area contributed by atoms with E-state index in [2.05, 4.69) is 15.3 Å². The molecule has 4 N–H and O–H groups in total. The first-order chi connectivity index (χ1) is 8.09. The highest BCUT2D eigenvalue weighted by molar-refractivity contribution is 5.67. The second-order valence-electron chi connectivity index (χ2n) is 4.00. The molecule has 1 aliphatic carbocycles. The monoisotopic (exact) mass is 239 g/mol. The zero-order valence-electron chi connectivity index (χ0n) is 9.04. The van der Waals surface area contributed by atoms with Crippen molar-refractivity contribution in [3.63, 3.8) is 0 Å². The van der Waals surface area contributed by atoms with Crippen molar-refractivity contribution in [1.82, 2.24) is 9.97 Å². The van der Waals surface area contributed by atoms with E-state index in [4.69, 9.17) is 5.73 Å². The van der Waals surface area contributed by atoms with Gasteiger partial charge in [-0.05, 0) is 18.8 Å². The molecule has 8 heteroatoms. The normalized spacial score (nSPS) is 16.5. The van der Waals surface area contributed by atoms with E-state index < -0.39 is 11.0 Å². The predicted octanol–water partition coefficient (Wildman–Crippen LogP) is 0.150. The fourth-order valence-electron chi connectivity index (χ4n) is 1.55. The molecule has 1 aromatic heterocycles. The fraction of sp³-hybridized carbons (Fsp3) is 0.556. The SMILES string of the molecule is Nc1ncnc(NCC(O)C2CC2)c1[N+](=O)[O-]. The number of nitrogen functional groups attached to an aromatic ring is 1. The Morgan fingerprint density at radius 1 is 1.65 bits per heavy atom. The van der Waals surface area contributed by atoms with E-state index in [9.17, 15) is 15.2 Å². The molecule has 0 spiro atoms. The van der Waals surface area contributed by atoms with Crippen molar-refractivity contribution in [3.05, 3.63) is 16.4 Å².